The van der Waals surface area contributed by atoms with Crippen molar-refractivity contribution < 1.29 is 0 Å². The average molecular weight is 318 g/mol. The molecule has 14 heavy (non-hydrogen) atoms. The van der Waals surface area contributed by atoms with E-state index in [1.54, 1.807) is 0 Å². The zero-order valence-corrected chi connectivity index (χ0v) is 10.6. The van der Waals surface area contributed by atoms with Gasteiger partial charge < -0.3 is 0 Å². The number of aryl methyl sites for hydroxylation is 2. The fourth-order valence-electron chi connectivity index (χ4n) is 1.08. The molecule has 0 N–H and O–H groups in total. The van der Waals surface area contributed by atoms with Gasteiger partial charge in [-0.1, -0.05) is 0 Å². The van der Waals surface area contributed by atoms with Gasteiger partial charge in [0, 0.05) is 28.2 Å². The van der Waals surface area contributed by atoms with Crippen molar-refractivity contribution in [2.45, 2.75) is 13.8 Å². The average Bonchev–Trinajstić information content (AvgIpc) is 2.56. The van der Waals surface area contributed by atoms with Gasteiger partial charge >= 0.3 is 0 Å². The van der Waals surface area contributed by atoms with Gasteiger partial charge in [0.05, 0.1) is 11.4 Å². The lowest BCUT2D eigenvalue weighted by Gasteiger charge is -1.99. The molecule has 0 bridgehead atoms. The van der Waals surface area contributed by atoms with Gasteiger partial charge in [-0.15, -0.1) is 0 Å². The van der Waals surface area contributed by atoms with E-state index in [-0.39, 0.29) is 0 Å². The van der Waals surface area contributed by atoms with E-state index in [4.69, 9.17) is 0 Å². The summed E-state index contributed by atoms with van der Waals surface area (Å²) in [6, 6.07) is 1.99. The van der Waals surface area contributed by atoms with E-state index >= 15 is 0 Å². The first kappa shape index (κ1) is 9.91. The van der Waals surface area contributed by atoms with Gasteiger partial charge in [-0.05, 0) is 31.4 Å². The third-order valence-corrected chi connectivity index (χ3v) is 3.29. The molecule has 72 valence electrons. The van der Waals surface area contributed by atoms with Crippen molar-refractivity contribution in [3.63, 3.8) is 0 Å². The summed E-state index contributed by atoms with van der Waals surface area (Å²) in [5.74, 6) is 0. The van der Waals surface area contributed by atoms with E-state index in [0.717, 1.165) is 25.8 Å². The van der Waals surface area contributed by atoms with Gasteiger partial charge in [-0.25, -0.2) is 4.98 Å². The lowest BCUT2D eigenvalue weighted by Crippen LogP contribution is -1.93. The minimum Gasteiger partial charge on any atom is -0.210 e. The summed E-state index contributed by atoms with van der Waals surface area (Å²) in [6.07, 6.45) is 0. The molecule has 4 nitrogen and oxygen atoms in total. The standard InChI is InChI=1S/C8H7IN4S/c1-4-3-6(5(2)12-11-4)7-10-8(9)13-14-7/h3H,1-2H3. The zero-order valence-electron chi connectivity index (χ0n) is 7.65. The Balaban J connectivity index is 2.55. The second-order valence-corrected chi connectivity index (χ2v) is 4.57. The van der Waals surface area contributed by atoms with Gasteiger partial charge in [-0.3, -0.25) is 0 Å². The van der Waals surface area contributed by atoms with E-state index in [2.05, 4.69) is 42.1 Å². The number of aromatic nitrogens is 4. The van der Waals surface area contributed by atoms with Crippen molar-refractivity contribution in [2.75, 3.05) is 0 Å². The van der Waals surface area contributed by atoms with Crippen LogP contribution in [0.3, 0.4) is 0 Å². The van der Waals surface area contributed by atoms with Crippen LogP contribution in [-0.2, 0) is 0 Å². The number of hydrogen-bond acceptors (Lipinski definition) is 5. The van der Waals surface area contributed by atoms with Crippen LogP contribution in [-0.4, -0.2) is 19.6 Å². The van der Waals surface area contributed by atoms with Crippen LogP contribution in [0.1, 0.15) is 11.4 Å². The highest BCUT2D eigenvalue weighted by molar-refractivity contribution is 14.1. The third-order valence-electron chi connectivity index (χ3n) is 1.73. The summed E-state index contributed by atoms with van der Waals surface area (Å²) < 4.78 is 4.91. The summed E-state index contributed by atoms with van der Waals surface area (Å²) >= 11 is 3.49. The zero-order chi connectivity index (χ0) is 10.1. The van der Waals surface area contributed by atoms with Crippen LogP contribution < -0.4 is 0 Å². The summed E-state index contributed by atoms with van der Waals surface area (Å²) in [6.45, 7) is 3.85. The normalized spacial score (nSPS) is 10.5. The van der Waals surface area contributed by atoms with E-state index in [0.29, 0.717) is 0 Å². The van der Waals surface area contributed by atoms with Gasteiger partial charge in [0.2, 0.25) is 3.83 Å². The van der Waals surface area contributed by atoms with Crippen molar-refractivity contribution in [2.24, 2.45) is 0 Å². The van der Waals surface area contributed by atoms with Crippen LogP contribution in [0.15, 0.2) is 6.07 Å². The predicted molar refractivity (Wildman–Crippen MR) is 63.1 cm³/mol. The Kier molecular flexibility index (Phi) is 2.73. The summed E-state index contributed by atoms with van der Waals surface area (Å²) in [7, 11) is 0. The maximum atomic E-state index is 4.31. The van der Waals surface area contributed by atoms with Crippen LogP contribution in [0, 0.1) is 17.7 Å². The summed E-state index contributed by atoms with van der Waals surface area (Å²) in [5, 5.41) is 8.93. The number of rotatable bonds is 1. The Morgan fingerprint density at radius 3 is 2.71 bits per heavy atom. The first-order valence-corrected chi connectivity index (χ1v) is 5.82. The van der Waals surface area contributed by atoms with Crippen molar-refractivity contribution in [1.82, 2.24) is 19.6 Å². The van der Waals surface area contributed by atoms with E-state index in [1.165, 1.54) is 11.5 Å². The van der Waals surface area contributed by atoms with Crippen LogP contribution >= 0.6 is 34.1 Å². The van der Waals surface area contributed by atoms with Gasteiger partial charge in [-0.2, -0.15) is 14.6 Å². The predicted octanol–water partition coefficient (Wildman–Crippen LogP) is 2.22. The molecular weight excluding hydrogens is 311 g/mol. The van der Waals surface area contributed by atoms with E-state index in [1.807, 2.05) is 19.9 Å². The van der Waals surface area contributed by atoms with E-state index < -0.39 is 0 Å². The quantitative estimate of drug-likeness (QED) is 0.757. The fourth-order valence-corrected chi connectivity index (χ4v) is 2.42. The monoisotopic (exact) mass is 318 g/mol. The second kappa shape index (κ2) is 3.85. The first-order chi connectivity index (χ1) is 6.66. The molecule has 0 radical (unpaired) electrons. The largest absolute Gasteiger partial charge is 0.210 e. The molecule has 0 aliphatic carbocycles. The maximum absolute atomic E-state index is 4.31. The molecule has 2 aromatic heterocycles. The molecule has 0 spiro atoms. The molecule has 0 aromatic carbocycles. The van der Waals surface area contributed by atoms with Crippen LogP contribution in [0.5, 0.6) is 0 Å². The second-order valence-electron chi connectivity index (χ2n) is 2.85. The van der Waals surface area contributed by atoms with Crippen molar-refractivity contribution >= 4 is 34.1 Å². The number of halogens is 1. The van der Waals surface area contributed by atoms with Gasteiger partial charge in [0.1, 0.15) is 5.01 Å². The Bertz CT molecular complexity index is 468. The highest BCUT2D eigenvalue weighted by Gasteiger charge is 2.09. The SMILES string of the molecule is Cc1cc(-c2nc(I)ns2)c(C)nn1. The molecule has 2 aromatic rings. The molecule has 2 rings (SSSR count). The minimum absolute atomic E-state index is 0.775. The highest BCUT2D eigenvalue weighted by atomic mass is 127. The minimum atomic E-state index is 0.775. The summed E-state index contributed by atoms with van der Waals surface area (Å²) in [4.78, 5) is 4.31. The Labute approximate surface area is 99.1 Å². The Morgan fingerprint density at radius 1 is 1.29 bits per heavy atom. The molecule has 0 aliphatic rings. The van der Waals surface area contributed by atoms with Gasteiger partial charge in [0.15, 0.2) is 0 Å². The molecule has 0 saturated carbocycles. The highest BCUT2D eigenvalue weighted by Crippen LogP contribution is 2.24. The fraction of sp³-hybridized carbons (Fsp3) is 0.250. The van der Waals surface area contributed by atoms with Gasteiger partial charge in [0.25, 0.3) is 0 Å². The first-order valence-electron chi connectivity index (χ1n) is 3.97. The molecule has 0 saturated heterocycles. The molecule has 6 heteroatoms. The van der Waals surface area contributed by atoms with Crippen LogP contribution in [0.25, 0.3) is 10.6 Å². The number of nitrogens with zero attached hydrogens (tertiary/aromatic N) is 4. The lowest BCUT2D eigenvalue weighted by atomic mass is 10.2. The van der Waals surface area contributed by atoms with Crippen molar-refractivity contribution in [1.29, 1.82) is 0 Å². The molecule has 2 heterocycles. The Morgan fingerprint density at radius 2 is 2.07 bits per heavy atom. The summed E-state index contributed by atoms with van der Waals surface area (Å²) in [5.41, 5.74) is 2.82. The molecule has 0 amide bonds. The molecule has 0 unspecified atom stereocenters. The van der Waals surface area contributed by atoms with E-state index in [9.17, 15) is 0 Å². The van der Waals surface area contributed by atoms with Crippen LogP contribution in [0.2, 0.25) is 0 Å². The molecule has 0 atom stereocenters. The lowest BCUT2D eigenvalue weighted by molar-refractivity contribution is 0.942. The maximum Gasteiger partial charge on any atom is 0.203 e. The molecule has 0 aliphatic heterocycles. The smallest absolute Gasteiger partial charge is 0.203 e. The third kappa shape index (κ3) is 1.90. The molecular formula is C8H7IN4S. The van der Waals surface area contributed by atoms with Crippen molar-refractivity contribution in [3.05, 3.63) is 21.3 Å². The molecule has 0 fully saturated rings. The van der Waals surface area contributed by atoms with Crippen molar-refractivity contribution in [3.8, 4) is 10.6 Å². The topological polar surface area (TPSA) is 51.6 Å². The van der Waals surface area contributed by atoms with Crippen LogP contribution in [0.4, 0.5) is 0 Å². The number of hydrogen-bond donors (Lipinski definition) is 0. The Hall–Kier alpha value is -0.630.